The van der Waals surface area contributed by atoms with E-state index in [1.54, 1.807) is 0 Å². The Morgan fingerprint density at radius 2 is 1.87 bits per heavy atom. The molecule has 3 rings (SSSR count). The second-order valence-electron chi connectivity index (χ2n) is 6.03. The zero-order chi connectivity index (χ0) is 16.4. The lowest BCUT2D eigenvalue weighted by Gasteiger charge is -2.36. The topological polar surface area (TPSA) is 71.2 Å². The van der Waals surface area contributed by atoms with Crippen molar-refractivity contribution in [2.45, 2.75) is 40.2 Å². The lowest BCUT2D eigenvalue weighted by Crippen LogP contribution is -2.47. The molecule has 2 aromatic heterocycles. The summed E-state index contributed by atoms with van der Waals surface area (Å²) in [4.78, 5) is 18.2. The van der Waals surface area contributed by atoms with Crippen molar-refractivity contribution >= 4 is 5.95 Å². The van der Waals surface area contributed by atoms with Crippen LogP contribution in [0.1, 0.15) is 43.0 Å². The number of nitrogens with zero attached hydrogens (tertiary/aromatic N) is 6. The van der Waals surface area contributed by atoms with Crippen LogP contribution in [0.4, 0.5) is 5.95 Å². The Labute approximate surface area is 136 Å². The first-order valence-electron chi connectivity index (χ1n) is 8.20. The Hall–Kier alpha value is -2.02. The van der Waals surface area contributed by atoms with Crippen LogP contribution in [0.3, 0.4) is 0 Å². The highest BCUT2D eigenvalue weighted by molar-refractivity contribution is 5.33. The van der Waals surface area contributed by atoms with Gasteiger partial charge in [0.1, 0.15) is 0 Å². The quantitative estimate of drug-likeness (QED) is 0.853. The number of piperazine rings is 1. The van der Waals surface area contributed by atoms with Crippen molar-refractivity contribution in [2.24, 2.45) is 0 Å². The summed E-state index contributed by atoms with van der Waals surface area (Å²) in [5, 5.41) is 3.88. The normalized spacial score (nSPS) is 17.5. The number of anilines is 1. The number of rotatable bonds is 4. The van der Waals surface area contributed by atoms with Crippen molar-refractivity contribution in [2.75, 3.05) is 31.1 Å². The van der Waals surface area contributed by atoms with Crippen molar-refractivity contribution in [1.29, 1.82) is 0 Å². The van der Waals surface area contributed by atoms with Crippen molar-refractivity contribution in [3.8, 4) is 0 Å². The molecule has 0 radical (unpaired) electrons. The Balaban J connectivity index is 1.65. The first kappa shape index (κ1) is 15.9. The van der Waals surface area contributed by atoms with Crippen molar-refractivity contribution in [3.63, 3.8) is 0 Å². The van der Waals surface area contributed by atoms with E-state index in [2.05, 4.69) is 49.8 Å². The van der Waals surface area contributed by atoms with Crippen molar-refractivity contribution in [1.82, 2.24) is 25.0 Å². The van der Waals surface area contributed by atoms with E-state index in [-0.39, 0.29) is 6.04 Å². The third-order valence-electron chi connectivity index (χ3n) is 4.30. The second-order valence-corrected chi connectivity index (χ2v) is 6.03. The predicted octanol–water partition coefficient (Wildman–Crippen LogP) is 1.92. The number of hydrogen-bond acceptors (Lipinski definition) is 7. The molecule has 0 unspecified atom stereocenters. The zero-order valence-electron chi connectivity index (χ0n) is 14.3. The monoisotopic (exact) mass is 316 g/mol. The third-order valence-corrected chi connectivity index (χ3v) is 4.30. The molecule has 1 atom stereocenters. The third kappa shape index (κ3) is 3.50. The van der Waals surface area contributed by atoms with Crippen LogP contribution in [-0.4, -0.2) is 51.2 Å². The highest BCUT2D eigenvalue weighted by atomic mass is 16.5. The Bertz CT molecular complexity index is 662. The van der Waals surface area contributed by atoms with Crippen LogP contribution >= 0.6 is 0 Å². The van der Waals surface area contributed by atoms with Crippen LogP contribution in [0.25, 0.3) is 0 Å². The molecule has 0 amide bonds. The summed E-state index contributed by atoms with van der Waals surface area (Å²) in [6.45, 7) is 11.8. The fourth-order valence-corrected chi connectivity index (χ4v) is 2.89. The Kier molecular flexibility index (Phi) is 4.56. The van der Waals surface area contributed by atoms with Gasteiger partial charge in [-0.25, -0.2) is 9.97 Å². The fraction of sp³-hybridized carbons (Fsp3) is 0.625. The van der Waals surface area contributed by atoms with Crippen LogP contribution in [0.2, 0.25) is 0 Å². The minimum absolute atomic E-state index is 0.142. The van der Waals surface area contributed by atoms with E-state index in [4.69, 9.17) is 4.52 Å². The average Bonchev–Trinajstić information content (AvgIpc) is 3.00. The maximum Gasteiger partial charge on any atom is 0.243 e. The second kappa shape index (κ2) is 6.62. The van der Waals surface area contributed by atoms with Gasteiger partial charge in [0.05, 0.1) is 6.04 Å². The van der Waals surface area contributed by atoms with Crippen LogP contribution in [-0.2, 0) is 6.42 Å². The lowest BCUT2D eigenvalue weighted by atomic mass is 10.2. The van der Waals surface area contributed by atoms with Gasteiger partial charge in [0.2, 0.25) is 11.8 Å². The van der Waals surface area contributed by atoms with Gasteiger partial charge in [0, 0.05) is 37.6 Å². The van der Waals surface area contributed by atoms with Crippen LogP contribution in [0, 0.1) is 13.8 Å². The summed E-state index contributed by atoms with van der Waals surface area (Å²) in [6.07, 6.45) is 0.934. The highest BCUT2D eigenvalue weighted by Crippen LogP contribution is 2.21. The molecule has 23 heavy (non-hydrogen) atoms. The SMILES string of the molecule is CCc1cc(C)nc(N2CCN([C@H](C)c3nc(C)no3)CC2)n1. The molecule has 2 aromatic rings. The Morgan fingerprint density at radius 1 is 1.13 bits per heavy atom. The zero-order valence-corrected chi connectivity index (χ0v) is 14.3. The summed E-state index contributed by atoms with van der Waals surface area (Å²) in [6, 6.07) is 2.20. The van der Waals surface area contributed by atoms with E-state index < -0.39 is 0 Å². The molecule has 0 saturated carbocycles. The molecule has 7 heteroatoms. The van der Waals surface area contributed by atoms with E-state index in [0.717, 1.165) is 49.9 Å². The van der Waals surface area contributed by atoms with E-state index >= 15 is 0 Å². The molecule has 1 fully saturated rings. The predicted molar refractivity (Wildman–Crippen MR) is 87.4 cm³/mol. The van der Waals surface area contributed by atoms with Gasteiger partial charge >= 0.3 is 0 Å². The molecule has 7 nitrogen and oxygen atoms in total. The van der Waals surface area contributed by atoms with Crippen LogP contribution in [0.15, 0.2) is 10.6 Å². The van der Waals surface area contributed by atoms with Gasteiger partial charge in [-0.15, -0.1) is 0 Å². The number of hydrogen-bond donors (Lipinski definition) is 0. The number of aryl methyl sites for hydroxylation is 3. The van der Waals surface area contributed by atoms with Gasteiger partial charge in [0.15, 0.2) is 5.82 Å². The van der Waals surface area contributed by atoms with Crippen LogP contribution < -0.4 is 4.90 Å². The fourth-order valence-electron chi connectivity index (χ4n) is 2.89. The van der Waals surface area contributed by atoms with Crippen molar-refractivity contribution in [3.05, 3.63) is 29.2 Å². The minimum atomic E-state index is 0.142. The summed E-state index contributed by atoms with van der Waals surface area (Å²) in [5.41, 5.74) is 2.13. The lowest BCUT2D eigenvalue weighted by molar-refractivity contribution is 0.163. The highest BCUT2D eigenvalue weighted by Gasteiger charge is 2.26. The van der Waals surface area contributed by atoms with Crippen LogP contribution in [0.5, 0.6) is 0 Å². The summed E-state index contributed by atoms with van der Waals surface area (Å²) < 4.78 is 5.30. The van der Waals surface area contributed by atoms with Crippen molar-refractivity contribution < 1.29 is 4.52 Å². The first-order chi connectivity index (χ1) is 11.1. The van der Waals surface area contributed by atoms with E-state index in [1.807, 2.05) is 13.8 Å². The molecule has 3 heterocycles. The molecule has 0 bridgehead atoms. The van der Waals surface area contributed by atoms with E-state index in [0.29, 0.717) is 11.7 Å². The first-order valence-corrected chi connectivity index (χ1v) is 8.20. The smallest absolute Gasteiger partial charge is 0.243 e. The van der Waals surface area contributed by atoms with Gasteiger partial charge in [-0.3, -0.25) is 4.90 Å². The maximum atomic E-state index is 5.30. The summed E-state index contributed by atoms with van der Waals surface area (Å²) >= 11 is 0. The molecular formula is C16H24N6O. The van der Waals surface area contributed by atoms with Gasteiger partial charge in [-0.05, 0) is 33.3 Å². The molecule has 1 aliphatic rings. The molecule has 1 aliphatic heterocycles. The molecule has 0 spiro atoms. The summed E-state index contributed by atoms with van der Waals surface area (Å²) in [5.74, 6) is 2.23. The molecule has 124 valence electrons. The standard InChI is InChI=1S/C16H24N6O/c1-5-14-10-11(2)17-16(19-14)22-8-6-21(7-9-22)12(3)15-18-13(4)20-23-15/h10,12H,5-9H2,1-4H3/t12-/m1/s1. The van der Waals surface area contributed by atoms with Gasteiger partial charge in [-0.2, -0.15) is 4.98 Å². The van der Waals surface area contributed by atoms with Gasteiger partial charge in [-0.1, -0.05) is 12.1 Å². The molecule has 1 saturated heterocycles. The minimum Gasteiger partial charge on any atom is -0.338 e. The molecule has 0 aliphatic carbocycles. The largest absolute Gasteiger partial charge is 0.338 e. The Morgan fingerprint density at radius 3 is 2.48 bits per heavy atom. The summed E-state index contributed by atoms with van der Waals surface area (Å²) in [7, 11) is 0. The average molecular weight is 316 g/mol. The molecule has 0 N–H and O–H groups in total. The van der Waals surface area contributed by atoms with E-state index in [9.17, 15) is 0 Å². The molecule has 0 aromatic carbocycles. The maximum absolute atomic E-state index is 5.30. The van der Waals surface area contributed by atoms with Gasteiger partial charge < -0.3 is 9.42 Å². The van der Waals surface area contributed by atoms with Gasteiger partial charge in [0.25, 0.3) is 0 Å². The molecular weight excluding hydrogens is 292 g/mol. The number of aromatic nitrogens is 4. The van der Waals surface area contributed by atoms with E-state index in [1.165, 1.54) is 0 Å².